The molecule has 0 saturated heterocycles. The third kappa shape index (κ3) is 4.27. The lowest BCUT2D eigenvalue weighted by Gasteiger charge is -2.18. The van der Waals surface area contributed by atoms with Gasteiger partial charge in [-0.15, -0.1) is 0 Å². The van der Waals surface area contributed by atoms with Crippen LogP contribution >= 0.6 is 23.2 Å². The number of hydrogen-bond donors (Lipinski definition) is 0. The first kappa shape index (κ1) is 21.3. The molecule has 0 radical (unpaired) electrons. The number of halogens is 2. The zero-order valence-corrected chi connectivity index (χ0v) is 18.9. The number of aromatic nitrogens is 4. The van der Waals surface area contributed by atoms with E-state index < -0.39 is 0 Å². The molecule has 4 rings (SSSR count). The molecule has 2 aromatic carbocycles. The van der Waals surface area contributed by atoms with Gasteiger partial charge in [0.15, 0.2) is 5.82 Å². The second-order valence-electron chi connectivity index (χ2n) is 7.30. The number of rotatable bonds is 5. The molecule has 0 aliphatic rings. The summed E-state index contributed by atoms with van der Waals surface area (Å²) in [5, 5.41) is 6.07. The van der Waals surface area contributed by atoms with E-state index in [9.17, 15) is 4.79 Å². The maximum absolute atomic E-state index is 13.5. The minimum Gasteiger partial charge on any atom is -0.336 e. The van der Waals surface area contributed by atoms with Crippen molar-refractivity contribution >= 4 is 40.0 Å². The third-order valence-electron chi connectivity index (χ3n) is 5.20. The first-order valence-corrected chi connectivity index (χ1v) is 10.6. The molecule has 0 unspecified atom stereocenters. The van der Waals surface area contributed by atoms with Crippen LogP contribution in [-0.4, -0.2) is 37.6 Å². The van der Waals surface area contributed by atoms with Gasteiger partial charge in [0, 0.05) is 52.4 Å². The van der Waals surface area contributed by atoms with Crippen molar-refractivity contribution in [3.8, 4) is 11.4 Å². The number of fused-ring (bicyclic) bond motifs is 1. The topological polar surface area (TPSA) is 63.9 Å². The molecule has 0 atom stereocenters. The number of carbonyl (C=O) groups is 1. The van der Waals surface area contributed by atoms with Crippen LogP contribution < -0.4 is 0 Å². The Morgan fingerprint density at radius 2 is 1.87 bits per heavy atom. The highest BCUT2D eigenvalue weighted by Crippen LogP contribution is 2.27. The maximum Gasteiger partial charge on any atom is 0.273 e. The Morgan fingerprint density at radius 3 is 2.58 bits per heavy atom. The van der Waals surface area contributed by atoms with Gasteiger partial charge in [0.2, 0.25) is 0 Å². The minimum absolute atomic E-state index is 0.221. The normalized spacial score (nSPS) is 11.1. The maximum atomic E-state index is 13.5. The quantitative estimate of drug-likeness (QED) is 0.405. The zero-order valence-electron chi connectivity index (χ0n) is 17.4. The van der Waals surface area contributed by atoms with E-state index in [1.807, 2.05) is 30.7 Å². The second-order valence-corrected chi connectivity index (χ2v) is 8.17. The lowest BCUT2D eigenvalue weighted by atomic mass is 10.1. The van der Waals surface area contributed by atoms with E-state index in [-0.39, 0.29) is 5.91 Å². The van der Waals surface area contributed by atoms with Crippen molar-refractivity contribution in [1.82, 2.24) is 24.6 Å². The average Bonchev–Trinajstić information content (AvgIpc) is 3.11. The number of aryl methyl sites for hydroxylation is 1. The van der Waals surface area contributed by atoms with Crippen molar-refractivity contribution < 1.29 is 4.79 Å². The van der Waals surface area contributed by atoms with E-state index in [1.54, 1.807) is 48.5 Å². The van der Waals surface area contributed by atoms with Crippen LogP contribution in [0.25, 0.3) is 22.3 Å². The smallest absolute Gasteiger partial charge is 0.273 e. The molecule has 0 bridgehead atoms. The first-order chi connectivity index (χ1) is 14.9. The highest BCUT2D eigenvalue weighted by atomic mass is 35.5. The van der Waals surface area contributed by atoms with E-state index in [2.05, 4.69) is 15.1 Å². The van der Waals surface area contributed by atoms with E-state index in [0.29, 0.717) is 39.0 Å². The zero-order chi connectivity index (χ0) is 22.1. The fourth-order valence-electron chi connectivity index (χ4n) is 3.49. The summed E-state index contributed by atoms with van der Waals surface area (Å²) >= 11 is 12.4. The van der Waals surface area contributed by atoms with Crippen molar-refractivity contribution in [2.75, 3.05) is 7.05 Å². The van der Waals surface area contributed by atoms with Gasteiger partial charge in [-0.2, -0.15) is 5.10 Å². The number of amides is 1. The number of nitrogens with zero attached hydrogens (tertiary/aromatic N) is 5. The van der Waals surface area contributed by atoms with Gasteiger partial charge in [-0.05, 0) is 44.2 Å². The standard InChI is InChI=1S/C23H21Cl2N5O/c1-4-30-14(2)16(12-26-30)13-29(3)23(31)21-19-11-18(25)8-9-20(19)27-22(28-21)15-6-5-7-17(24)10-15/h5-12H,4,13H2,1-3H3. The summed E-state index contributed by atoms with van der Waals surface area (Å²) in [7, 11) is 1.75. The molecule has 0 spiro atoms. The van der Waals surface area contributed by atoms with Crippen LogP contribution in [0.1, 0.15) is 28.7 Å². The van der Waals surface area contributed by atoms with Crippen molar-refractivity contribution in [2.24, 2.45) is 0 Å². The van der Waals surface area contributed by atoms with Crippen molar-refractivity contribution in [3.05, 3.63) is 75.7 Å². The molecular weight excluding hydrogens is 433 g/mol. The van der Waals surface area contributed by atoms with Crippen LogP contribution in [0.2, 0.25) is 10.0 Å². The van der Waals surface area contributed by atoms with Crippen LogP contribution in [0.5, 0.6) is 0 Å². The Balaban J connectivity index is 1.77. The second kappa shape index (κ2) is 8.65. The van der Waals surface area contributed by atoms with E-state index in [1.165, 1.54) is 0 Å². The summed E-state index contributed by atoms with van der Waals surface area (Å²) in [5.74, 6) is 0.214. The fraction of sp³-hybridized carbons (Fsp3) is 0.217. The Kier molecular flexibility index (Phi) is 5.94. The Hall–Kier alpha value is -2.96. The molecule has 1 amide bonds. The molecule has 4 aromatic rings. The first-order valence-electron chi connectivity index (χ1n) is 9.87. The third-order valence-corrected chi connectivity index (χ3v) is 5.67. The van der Waals surface area contributed by atoms with Gasteiger partial charge in [-0.25, -0.2) is 9.97 Å². The van der Waals surface area contributed by atoms with Gasteiger partial charge < -0.3 is 4.90 Å². The minimum atomic E-state index is -0.221. The van der Waals surface area contributed by atoms with E-state index >= 15 is 0 Å². The fourth-order valence-corrected chi connectivity index (χ4v) is 3.85. The molecule has 2 aromatic heterocycles. The number of hydrogen-bond acceptors (Lipinski definition) is 4. The molecule has 6 nitrogen and oxygen atoms in total. The molecule has 158 valence electrons. The van der Waals surface area contributed by atoms with E-state index in [0.717, 1.165) is 23.4 Å². The van der Waals surface area contributed by atoms with Gasteiger partial charge in [-0.3, -0.25) is 9.48 Å². The van der Waals surface area contributed by atoms with Crippen LogP contribution in [0.3, 0.4) is 0 Å². The summed E-state index contributed by atoms with van der Waals surface area (Å²) in [6, 6.07) is 12.5. The molecule has 2 heterocycles. The Morgan fingerprint density at radius 1 is 1.10 bits per heavy atom. The van der Waals surface area contributed by atoms with Gasteiger partial charge in [0.05, 0.1) is 11.7 Å². The summed E-state index contributed by atoms with van der Waals surface area (Å²) < 4.78 is 1.91. The Labute approximate surface area is 190 Å². The molecule has 8 heteroatoms. The molecule has 0 saturated carbocycles. The molecule has 0 aliphatic heterocycles. The van der Waals surface area contributed by atoms with Crippen molar-refractivity contribution in [2.45, 2.75) is 26.9 Å². The van der Waals surface area contributed by atoms with Gasteiger partial charge in [-0.1, -0.05) is 35.3 Å². The van der Waals surface area contributed by atoms with Crippen molar-refractivity contribution in [3.63, 3.8) is 0 Å². The Bertz CT molecular complexity index is 1280. The van der Waals surface area contributed by atoms with Gasteiger partial charge >= 0.3 is 0 Å². The average molecular weight is 454 g/mol. The van der Waals surface area contributed by atoms with Crippen LogP contribution in [0.15, 0.2) is 48.7 Å². The molecule has 0 aliphatic carbocycles. The van der Waals surface area contributed by atoms with Crippen LogP contribution in [0.4, 0.5) is 0 Å². The summed E-state index contributed by atoms with van der Waals surface area (Å²) in [6.45, 7) is 5.23. The molecular formula is C23H21Cl2N5O. The molecule has 0 N–H and O–H groups in total. The molecule has 0 fully saturated rings. The summed E-state index contributed by atoms with van der Waals surface area (Å²) in [6.07, 6.45) is 1.80. The van der Waals surface area contributed by atoms with Crippen molar-refractivity contribution in [1.29, 1.82) is 0 Å². The number of carbonyl (C=O) groups excluding carboxylic acids is 1. The monoisotopic (exact) mass is 453 g/mol. The largest absolute Gasteiger partial charge is 0.336 e. The van der Waals surface area contributed by atoms with Gasteiger partial charge in [0.25, 0.3) is 5.91 Å². The molecule has 31 heavy (non-hydrogen) atoms. The summed E-state index contributed by atoms with van der Waals surface area (Å²) in [4.78, 5) is 24.3. The van der Waals surface area contributed by atoms with Crippen LogP contribution in [0, 0.1) is 6.92 Å². The highest BCUT2D eigenvalue weighted by Gasteiger charge is 2.21. The van der Waals surface area contributed by atoms with Crippen LogP contribution in [-0.2, 0) is 13.1 Å². The van der Waals surface area contributed by atoms with Gasteiger partial charge in [0.1, 0.15) is 5.69 Å². The predicted octanol–water partition coefficient (Wildman–Crippen LogP) is 5.40. The van der Waals surface area contributed by atoms with E-state index in [4.69, 9.17) is 23.2 Å². The number of benzene rings is 2. The lowest BCUT2D eigenvalue weighted by molar-refractivity contribution is 0.0781. The SMILES string of the molecule is CCn1ncc(CN(C)C(=O)c2nc(-c3cccc(Cl)c3)nc3ccc(Cl)cc23)c1C. The summed E-state index contributed by atoms with van der Waals surface area (Å²) in [5.41, 5.74) is 3.70. The lowest BCUT2D eigenvalue weighted by Crippen LogP contribution is -2.27. The highest BCUT2D eigenvalue weighted by molar-refractivity contribution is 6.31. The predicted molar refractivity (Wildman–Crippen MR) is 123 cm³/mol.